The molecule has 1 fully saturated rings. The van der Waals surface area contributed by atoms with Crippen molar-refractivity contribution in [2.75, 3.05) is 26.7 Å². The molecule has 116 valence electrons. The maximum atomic E-state index is 13.7. The van der Waals surface area contributed by atoms with E-state index in [0.29, 0.717) is 25.1 Å². The molecule has 1 heterocycles. The van der Waals surface area contributed by atoms with Crippen LogP contribution in [0, 0.1) is 5.82 Å². The minimum atomic E-state index is -1.35. The topological polar surface area (TPSA) is 43.8 Å². The van der Waals surface area contributed by atoms with Gasteiger partial charge >= 0.3 is 0 Å². The number of benzene rings is 1. The molecule has 0 aliphatic carbocycles. The molecular weight excluding hydrogens is 271 g/mol. The summed E-state index contributed by atoms with van der Waals surface area (Å²) >= 11 is 0. The van der Waals surface area contributed by atoms with Crippen molar-refractivity contribution in [2.24, 2.45) is 0 Å². The number of carbonyl (C=O) groups is 1. The van der Waals surface area contributed by atoms with E-state index in [1.54, 1.807) is 23.1 Å². The van der Waals surface area contributed by atoms with E-state index >= 15 is 0 Å². The van der Waals surface area contributed by atoms with Crippen LogP contribution in [0.5, 0.6) is 0 Å². The lowest BCUT2D eigenvalue weighted by Crippen LogP contribution is -2.57. The van der Waals surface area contributed by atoms with Crippen molar-refractivity contribution in [1.82, 2.24) is 9.80 Å². The molecule has 1 N–H and O–H groups in total. The average Bonchev–Trinajstić information content (AvgIpc) is 2.46. The number of nitrogens with zero attached hydrogens (tertiary/aromatic N) is 2. The summed E-state index contributed by atoms with van der Waals surface area (Å²) < 4.78 is 13.7. The molecule has 0 bridgehead atoms. The molecule has 1 saturated heterocycles. The quantitative estimate of drug-likeness (QED) is 0.897. The van der Waals surface area contributed by atoms with Crippen molar-refractivity contribution in [3.05, 3.63) is 35.6 Å². The van der Waals surface area contributed by atoms with Crippen molar-refractivity contribution in [3.8, 4) is 0 Å². The number of piperidine rings is 1. The SMILES string of the molecule is CCN(C)CC1(O)CCCN(Cc2ccccc2F)C1=O. The predicted molar refractivity (Wildman–Crippen MR) is 79.2 cm³/mol. The smallest absolute Gasteiger partial charge is 0.256 e. The highest BCUT2D eigenvalue weighted by Crippen LogP contribution is 2.25. The maximum absolute atomic E-state index is 13.7. The van der Waals surface area contributed by atoms with Crippen LogP contribution in [-0.2, 0) is 11.3 Å². The molecule has 4 nitrogen and oxygen atoms in total. The average molecular weight is 294 g/mol. The molecule has 0 saturated carbocycles. The number of aliphatic hydroxyl groups is 1. The zero-order valence-electron chi connectivity index (χ0n) is 12.7. The molecule has 0 spiro atoms. The van der Waals surface area contributed by atoms with E-state index in [1.807, 2.05) is 18.9 Å². The molecule has 5 heteroatoms. The van der Waals surface area contributed by atoms with Gasteiger partial charge in [0.15, 0.2) is 5.60 Å². The van der Waals surface area contributed by atoms with Crippen molar-refractivity contribution in [1.29, 1.82) is 0 Å². The summed E-state index contributed by atoms with van der Waals surface area (Å²) in [5.41, 5.74) is -0.868. The van der Waals surface area contributed by atoms with Crippen LogP contribution in [0.4, 0.5) is 4.39 Å². The van der Waals surface area contributed by atoms with E-state index in [4.69, 9.17) is 0 Å². The maximum Gasteiger partial charge on any atom is 0.256 e. The highest BCUT2D eigenvalue weighted by atomic mass is 19.1. The normalized spacial score (nSPS) is 22.9. The molecule has 0 radical (unpaired) electrons. The second-order valence-corrected chi connectivity index (χ2v) is 5.78. The second kappa shape index (κ2) is 6.54. The molecular formula is C16H23FN2O2. The lowest BCUT2D eigenvalue weighted by molar-refractivity contribution is -0.159. The van der Waals surface area contributed by atoms with Gasteiger partial charge < -0.3 is 14.9 Å². The second-order valence-electron chi connectivity index (χ2n) is 5.78. The molecule has 2 rings (SSSR count). The Bertz CT molecular complexity index is 509. The van der Waals surface area contributed by atoms with Gasteiger partial charge in [-0.15, -0.1) is 0 Å². The van der Waals surface area contributed by atoms with E-state index in [1.165, 1.54) is 6.07 Å². The Labute approximate surface area is 125 Å². The fourth-order valence-electron chi connectivity index (χ4n) is 2.75. The highest BCUT2D eigenvalue weighted by molar-refractivity contribution is 5.86. The number of likely N-dealkylation sites (tertiary alicyclic amines) is 1. The number of rotatable bonds is 5. The predicted octanol–water partition coefficient (Wildman–Crippen LogP) is 1.63. The lowest BCUT2D eigenvalue weighted by Gasteiger charge is -2.40. The molecule has 1 aliphatic heterocycles. The first-order valence-corrected chi connectivity index (χ1v) is 7.40. The molecule has 1 aromatic carbocycles. The monoisotopic (exact) mass is 294 g/mol. The first kappa shape index (κ1) is 15.9. The number of halogens is 1. The van der Waals surface area contributed by atoms with Crippen molar-refractivity contribution in [3.63, 3.8) is 0 Å². The van der Waals surface area contributed by atoms with Crippen molar-refractivity contribution < 1.29 is 14.3 Å². The third-order valence-electron chi connectivity index (χ3n) is 4.09. The van der Waals surface area contributed by atoms with E-state index in [2.05, 4.69) is 0 Å². The van der Waals surface area contributed by atoms with Crippen molar-refractivity contribution in [2.45, 2.75) is 31.9 Å². The largest absolute Gasteiger partial charge is 0.379 e. The molecule has 1 aromatic rings. The molecule has 1 amide bonds. The minimum absolute atomic E-state index is 0.212. The summed E-state index contributed by atoms with van der Waals surface area (Å²) in [5, 5.41) is 10.6. The Balaban J connectivity index is 2.11. The Morgan fingerprint density at radius 1 is 1.43 bits per heavy atom. The lowest BCUT2D eigenvalue weighted by atomic mass is 9.91. The fraction of sp³-hybridized carbons (Fsp3) is 0.562. The van der Waals surface area contributed by atoms with Gasteiger partial charge in [-0.25, -0.2) is 4.39 Å². The zero-order valence-corrected chi connectivity index (χ0v) is 12.7. The molecule has 1 atom stereocenters. The van der Waals surface area contributed by atoms with Gasteiger partial charge in [-0.3, -0.25) is 4.79 Å². The number of amides is 1. The standard InChI is InChI=1S/C16H23FN2O2/c1-3-18(2)12-16(21)9-6-10-19(15(16)20)11-13-7-4-5-8-14(13)17/h4-5,7-8,21H,3,6,9-12H2,1-2H3. The molecule has 0 aromatic heterocycles. The van der Waals surface area contributed by atoms with Gasteiger partial charge in [-0.2, -0.15) is 0 Å². The van der Waals surface area contributed by atoms with Gasteiger partial charge in [0.2, 0.25) is 0 Å². The third-order valence-corrected chi connectivity index (χ3v) is 4.09. The Morgan fingerprint density at radius 3 is 2.81 bits per heavy atom. The third kappa shape index (κ3) is 3.60. The van der Waals surface area contributed by atoms with Crippen LogP contribution >= 0.6 is 0 Å². The first-order chi connectivity index (χ1) is 9.96. The van der Waals surface area contributed by atoms with Crippen LogP contribution in [0.3, 0.4) is 0 Å². The van der Waals surface area contributed by atoms with Gasteiger partial charge in [0.25, 0.3) is 5.91 Å². The number of hydrogen-bond acceptors (Lipinski definition) is 3. The summed E-state index contributed by atoms with van der Waals surface area (Å²) in [6.45, 7) is 3.84. The Kier molecular flexibility index (Phi) is 4.96. The summed E-state index contributed by atoms with van der Waals surface area (Å²) in [6, 6.07) is 6.45. The molecule has 1 unspecified atom stereocenters. The summed E-state index contributed by atoms with van der Waals surface area (Å²) in [6.07, 6.45) is 1.19. The summed E-state index contributed by atoms with van der Waals surface area (Å²) in [5.74, 6) is -0.609. The summed E-state index contributed by atoms with van der Waals surface area (Å²) in [4.78, 5) is 16.0. The van der Waals surface area contributed by atoms with Crippen molar-refractivity contribution >= 4 is 5.91 Å². The highest BCUT2D eigenvalue weighted by Gasteiger charge is 2.42. The van der Waals surface area contributed by atoms with Gasteiger partial charge in [0.05, 0.1) is 0 Å². The van der Waals surface area contributed by atoms with Crippen LogP contribution in [0.2, 0.25) is 0 Å². The molecule has 21 heavy (non-hydrogen) atoms. The number of likely N-dealkylation sites (N-methyl/N-ethyl adjacent to an activating group) is 1. The van der Waals surface area contributed by atoms with E-state index in [-0.39, 0.29) is 18.3 Å². The Morgan fingerprint density at radius 2 is 2.14 bits per heavy atom. The number of carbonyl (C=O) groups excluding carboxylic acids is 1. The molecule has 1 aliphatic rings. The van der Waals surface area contributed by atoms with Crippen LogP contribution in [0.25, 0.3) is 0 Å². The van der Waals surface area contributed by atoms with E-state index in [0.717, 1.165) is 13.0 Å². The summed E-state index contributed by atoms with van der Waals surface area (Å²) in [7, 11) is 1.88. The van der Waals surface area contributed by atoms with Gasteiger partial charge in [0.1, 0.15) is 5.82 Å². The zero-order chi connectivity index (χ0) is 15.5. The minimum Gasteiger partial charge on any atom is -0.379 e. The van der Waals surface area contributed by atoms with Gasteiger partial charge in [0, 0.05) is 25.2 Å². The fourth-order valence-corrected chi connectivity index (χ4v) is 2.75. The van der Waals surface area contributed by atoms with E-state index < -0.39 is 5.60 Å². The van der Waals surface area contributed by atoms with Gasteiger partial charge in [-0.05, 0) is 32.5 Å². The van der Waals surface area contributed by atoms with Crippen LogP contribution < -0.4 is 0 Å². The van der Waals surface area contributed by atoms with Crippen LogP contribution in [0.1, 0.15) is 25.3 Å². The first-order valence-electron chi connectivity index (χ1n) is 7.40. The van der Waals surface area contributed by atoms with Gasteiger partial charge in [-0.1, -0.05) is 25.1 Å². The Hall–Kier alpha value is -1.46. The number of hydrogen-bond donors (Lipinski definition) is 1. The van der Waals surface area contributed by atoms with E-state index in [9.17, 15) is 14.3 Å². The van der Waals surface area contributed by atoms with Crippen LogP contribution in [0.15, 0.2) is 24.3 Å². The van der Waals surface area contributed by atoms with Crippen LogP contribution in [-0.4, -0.2) is 53.1 Å².